The maximum absolute atomic E-state index is 11.3. The van der Waals surface area contributed by atoms with Gasteiger partial charge in [-0.2, -0.15) is 5.10 Å². The third-order valence-electron chi connectivity index (χ3n) is 5.07. The maximum atomic E-state index is 11.3. The molecule has 0 amide bonds. The molecule has 0 fully saturated rings. The molecule has 0 radical (unpaired) electrons. The van der Waals surface area contributed by atoms with E-state index in [9.17, 15) is 4.79 Å². The first-order valence-electron chi connectivity index (χ1n) is 10.2. The molecule has 0 spiro atoms. The van der Waals surface area contributed by atoms with Crippen molar-refractivity contribution in [2.75, 3.05) is 13.7 Å². The summed E-state index contributed by atoms with van der Waals surface area (Å²) in [4.78, 5) is 11.3. The Hall–Kier alpha value is -3.86. The first kappa shape index (κ1) is 20.4. The molecule has 1 heterocycles. The first-order valence-corrected chi connectivity index (χ1v) is 10.2. The molecule has 0 unspecified atom stereocenters. The minimum absolute atomic E-state index is 0.0995. The Labute approximate surface area is 181 Å². The minimum Gasteiger partial charge on any atom is -0.482 e. The minimum atomic E-state index is -0.400. The van der Waals surface area contributed by atoms with Gasteiger partial charge in [0.2, 0.25) is 0 Å². The number of ether oxygens (including phenoxy) is 2. The van der Waals surface area contributed by atoms with Crippen molar-refractivity contribution in [2.45, 2.75) is 13.0 Å². The van der Waals surface area contributed by atoms with E-state index in [0.29, 0.717) is 5.75 Å². The van der Waals surface area contributed by atoms with Gasteiger partial charge >= 0.3 is 5.97 Å². The zero-order valence-corrected chi connectivity index (χ0v) is 17.4. The SMILES string of the molecule is COC(=O)COc1cccc(CCn2ncc(-c3ccccc3)c2-c2ccccc2)c1. The van der Waals surface area contributed by atoms with Gasteiger partial charge in [-0.1, -0.05) is 72.8 Å². The summed E-state index contributed by atoms with van der Waals surface area (Å²) in [5.74, 6) is 0.250. The van der Waals surface area contributed by atoms with Crippen molar-refractivity contribution < 1.29 is 14.3 Å². The van der Waals surface area contributed by atoms with Crippen molar-refractivity contribution in [1.29, 1.82) is 0 Å². The van der Waals surface area contributed by atoms with Crippen molar-refractivity contribution in [2.24, 2.45) is 0 Å². The predicted octanol–water partition coefficient (Wildman–Crippen LogP) is 5.01. The molecule has 4 aromatic rings. The van der Waals surface area contributed by atoms with Crippen LogP contribution in [0.4, 0.5) is 0 Å². The number of hydrogen-bond donors (Lipinski definition) is 0. The van der Waals surface area contributed by atoms with Gasteiger partial charge in [0.05, 0.1) is 19.0 Å². The van der Waals surface area contributed by atoms with Crippen LogP contribution in [0.25, 0.3) is 22.4 Å². The van der Waals surface area contributed by atoms with Gasteiger partial charge in [-0.15, -0.1) is 0 Å². The fourth-order valence-electron chi connectivity index (χ4n) is 3.51. The van der Waals surface area contributed by atoms with Gasteiger partial charge in [-0.3, -0.25) is 4.68 Å². The first-order chi connectivity index (χ1) is 15.2. The summed E-state index contributed by atoms with van der Waals surface area (Å²) in [6, 6.07) is 28.4. The highest BCUT2D eigenvalue weighted by atomic mass is 16.6. The highest BCUT2D eigenvalue weighted by Crippen LogP contribution is 2.32. The Balaban J connectivity index is 1.57. The van der Waals surface area contributed by atoms with Gasteiger partial charge in [0.25, 0.3) is 0 Å². The number of esters is 1. The van der Waals surface area contributed by atoms with Crippen LogP contribution in [0.15, 0.2) is 91.1 Å². The van der Waals surface area contributed by atoms with Gasteiger partial charge in [-0.25, -0.2) is 4.79 Å². The van der Waals surface area contributed by atoms with E-state index in [4.69, 9.17) is 9.84 Å². The van der Waals surface area contributed by atoms with Crippen molar-refractivity contribution in [1.82, 2.24) is 9.78 Å². The van der Waals surface area contributed by atoms with E-state index in [1.54, 1.807) is 0 Å². The molecule has 0 N–H and O–H groups in total. The van der Waals surface area contributed by atoms with Crippen molar-refractivity contribution >= 4 is 5.97 Å². The Bertz CT molecular complexity index is 1140. The smallest absolute Gasteiger partial charge is 0.343 e. The number of hydrogen-bond acceptors (Lipinski definition) is 4. The fraction of sp³-hybridized carbons (Fsp3) is 0.154. The number of rotatable bonds is 8. The monoisotopic (exact) mass is 412 g/mol. The summed E-state index contributed by atoms with van der Waals surface area (Å²) in [5.41, 5.74) is 5.60. The molecule has 0 aliphatic heterocycles. The molecule has 0 aliphatic rings. The van der Waals surface area contributed by atoms with Crippen molar-refractivity contribution in [3.05, 3.63) is 96.7 Å². The van der Waals surface area contributed by atoms with E-state index in [-0.39, 0.29) is 6.61 Å². The molecule has 31 heavy (non-hydrogen) atoms. The van der Waals surface area contributed by atoms with Crippen LogP contribution in [0, 0.1) is 0 Å². The number of methoxy groups -OCH3 is 1. The second kappa shape index (κ2) is 9.76. The molecule has 0 atom stereocenters. The molecular weight excluding hydrogens is 388 g/mol. The molecule has 0 aliphatic carbocycles. The fourth-order valence-corrected chi connectivity index (χ4v) is 3.51. The maximum Gasteiger partial charge on any atom is 0.343 e. The standard InChI is InChI=1S/C26H24N2O3/c1-30-25(29)19-31-23-14-8-9-20(17-23)15-16-28-26(22-12-6-3-7-13-22)24(18-27-28)21-10-4-2-5-11-21/h2-14,17-18H,15-16,19H2,1H3. The average molecular weight is 412 g/mol. The lowest BCUT2D eigenvalue weighted by atomic mass is 10.0. The van der Waals surface area contributed by atoms with Crippen LogP contribution in [0.2, 0.25) is 0 Å². The van der Waals surface area contributed by atoms with Crippen LogP contribution in [0.1, 0.15) is 5.56 Å². The van der Waals surface area contributed by atoms with E-state index in [0.717, 1.165) is 40.9 Å². The number of carbonyl (C=O) groups is 1. The van der Waals surface area contributed by atoms with Crippen LogP contribution in [-0.4, -0.2) is 29.5 Å². The molecule has 156 valence electrons. The van der Waals surface area contributed by atoms with E-state index >= 15 is 0 Å². The molecule has 3 aromatic carbocycles. The highest BCUT2D eigenvalue weighted by Gasteiger charge is 2.14. The Morgan fingerprint density at radius 1 is 0.903 bits per heavy atom. The Kier molecular flexibility index (Phi) is 6.43. The number of benzene rings is 3. The highest BCUT2D eigenvalue weighted by molar-refractivity contribution is 5.80. The lowest BCUT2D eigenvalue weighted by Gasteiger charge is -2.11. The molecule has 1 aromatic heterocycles. The van der Waals surface area contributed by atoms with Crippen LogP contribution in [0.3, 0.4) is 0 Å². The van der Waals surface area contributed by atoms with Gasteiger partial charge < -0.3 is 9.47 Å². The second-order valence-electron chi connectivity index (χ2n) is 7.12. The summed E-state index contributed by atoms with van der Waals surface area (Å²) in [6.45, 7) is 0.620. The quantitative estimate of drug-likeness (QED) is 0.382. The number of carbonyl (C=O) groups excluding carboxylic acids is 1. The molecule has 0 saturated heterocycles. The summed E-state index contributed by atoms with van der Waals surface area (Å²) >= 11 is 0. The van der Waals surface area contributed by atoms with Crippen molar-refractivity contribution in [3.8, 4) is 28.1 Å². The Morgan fingerprint density at radius 3 is 2.32 bits per heavy atom. The molecule has 5 heteroatoms. The molecule has 4 rings (SSSR count). The third kappa shape index (κ3) is 5.01. The van der Waals surface area contributed by atoms with Crippen molar-refractivity contribution in [3.63, 3.8) is 0 Å². The largest absolute Gasteiger partial charge is 0.482 e. The summed E-state index contributed by atoms with van der Waals surface area (Å²) in [6.07, 6.45) is 2.72. The molecule has 5 nitrogen and oxygen atoms in total. The van der Waals surface area contributed by atoms with Crippen LogP contribution >= 0.6 is 0 Å². The van der Waals surface area contributed by atoms with Crippen LogP contribution < -0.4 is 4.74 Å². The van der Waals surface area contributed by atoms with Crippen LogP contribution in [-0.2, 0) is 22.5 Å². The number of aromatic nitrogens is 2. The summed E-state index contributed by atoms with van der Waals surface area (Å²) < 4.78 is 12.2. The van der Waals surface area contributed by atoms with Crippen LogP contribution in [0.5, 0.6) is 5.75 Å². The van der Waals surface area contributed by atoms with E-state index in [1.807, 2.05) is 60.8 Å². The lowest BCUT2D eigenvalue weighted by molar-refractivity contribution is -0.142. The van der Waals surface area contributed by atoms with Gasteiger partial charge in [-0.05, 0) is 29.7 Å². The van der Waals surface area contributed by atoms with E-state index < -0.39 is 5.97 Å². The molecule has 0 bridgehead atoms. The summed E-state index contributed by atoms with van der Waals surface area (Å²) in [7, 11) is 1.35. The van der Waals surface area contributed by atoms with Gasteiger partial charge in [0.15, 0.2) is 6.61 Å². The number of aryl methyl sites for hydroxylation is 2. The average Bonchev–Trinajstić information content (AvgIpc) is 3.26. The number of nitrogens with zero attached hydrogens (tertiary/aromatic N) is 2. The van der Waals surface area contributed by atoms with Gasteiger partial charge in [0.1, 0.15) is 5.75 Å². The Morgan fingerprint density at radius 2 is 1.61 bits per heavy atom. The normalized spacial score (nSPS) is 10.6. The molecular formula is C26H24N2O3. The second-order valence-corrected chi connectivity index (χ2v) is 7.12. The summed E-state index contributed by atoms with van der Waals surface area (Å²) in [5, 5.41) is 4.70. The topological polar surface area (TPSA) is 53.4 Å². The van der Waals surface area contributed by atoms with E-state index in [2.05, 4.69) is 39.8 Å². The molecule has 0 saturated carbocycles. The van der Waals surface area contributed by atoms with Gasteiger partial charge in [0, 0.05) is 17.7 Å². The lowest BCUT2D eigenvalue weighted by Crippen LogP contribution is -2.12. The predicted molar refractivity (Wildman–Crippen MR) is 121 cm³/mol. The third-order valence-corrected chi connectivity index (χ3v) is 5.07. The zero-order valence-electron chi connectivity index (χ0n) is 17.4. The van der Waals surface area contributed by atoms with E-state index in [1.165, 1.54) is 7.11 Å². The zero-order chi connectivity index (χ0) is 21.5.